The van der Waals surface area contributed by atoms with Gasteiger partial charge in [-0.3, -0.25) is 19.2 Å². The number of anilines is 2. The summed E-state index contributed by atoms with van der Waals surface area (Å²) in [4.78, 5) is 53.5. The van der Waals surface area contributed by atoms with Gasteiger partial charge in [-0.05, 0) is 41.5 Å². The molecule has 0 unspecified atom stereocenters. The molecule has 0 aromatic heterocycles. The number of carbonyl (C=O) groups excluding carboxylic acids is 4. The Bertz CT molecular complexity index is 1340. The fourth-order valence-electron chi connectivity index (χ4n) is 4.32. The van der Waals surface area contributed by atoms with Crippen LogP contribution in [-0.4, -0.2) is 53.4 Å². The smallest absolute Gasteiger partial charge is 0.307 e. The molecular weight excluding hydrogens is 488 g/mol. The number of nitrogens with one attached hydrogen (secondary N) is 2. The Morgan fingerprint density at radius 2 is 1.79 bits per heavy atom. The van der Waals surface area contributed by atoms with Gasteiger partial charge in [-0.2, -0.15) is 0 Å². The molecular formula is C28H28N4O6. The first kappa shape index (κ1) is 26.2. The van der Waals surface area contributed by atoms with Crippen LogP contribution in [0.5, 0.6) is 5.75 Å². The van der Waals surface area contributed by atoms with Crippen molar-refractivity contribution in [1.82, 2.24) is 10.2 Å². The molecule has 3 aromatic rings. The van der Waals surface area contributed by atoms with Crippen LogP contribution < -0.4 is 16.4 Å². The standard InChI is InChI=1S/C28H28N4O6/c1-38-26(35)15-23(18-5-3-2-4-6-18)30-25(34)16-32-24(13-17-7-10-20(33)11-8-17)27(36)31-22-12-9-19(29)14-21(22)28(32)37/h2-12,14,23-24,33H,13,15-16,29H2,1H3,(H,30,34)(H,31,36)/t23-,24+/m1/s1. The lowest BCUT2D eigenvalue weighted by molar-refractivity contribution is -0.141. The molecule has 0 spiro atoms. The van der Waals surface area contributed by atoms with Gasteiger partial charge in [-0.25, -0.2) is 0 Å². The highest BCUT2D eigenvalue weighted by Crippen LogP contribution is 2.27. The first-order chi connectivity index (χ1) is 18.2. The van der Waals surface area contributed by atoms with Crippen molar-refractivity contribution in [1.29, 1.82) is 0 Å². The number of nitrogen functional groups attached to an aromatic ring is 1. The van der Waals surface area contributed by atoms with Crippen molar-refractivity contribution in [3.8, 4) is 5.75 Å². The van der Waals surface area contributed by atoms with E-state index >= 15 is 0 Å². The van der Waals surface area contributed by atoms with Crippen molar-refractivity contribution < 1.29 is 29.0 Å². The molecule has 0 bridgehead atoms. The minimum atomic E-state index is -1.04. The van der Waals surface area contributed by atoms with Gasteiger partial charge in [0.25, 0.3) is 5.91 Å². The molecule has 10 nitrogen and oxygen atoms in total. The maximum absolute atomic E-state index is 13.7. The monoisotopic (exact) mass is 516 g/mol. The average molecular weight is 517 g/mol. The highest BCUT2D eigenvalue weighted by atomic mass is 16.5. The van der Waals surface area contributed by atoms with E-state index < -0.39 is 42.3 Å². The van der Waals surface area contributed by atoms with Crippen molar-refractivity contribution in [2.45, 2.75) is 24.9 Å². The van der Waals surface area contributed by atoms with Gasteiger partial charge in [0.1, 0.15) is 18.3 Å². The van der Waals surface area contributed by atoms with Crippen molar-refractivity contribution in [2.75, 3.05) is 24.7 Å². The molecule has 4 rings (SSSR count). The molecule has 38 heavy (non-hydrogen) atoms. The lowest BCUT2D eigenvalue weighted by Crippen LogP contribution is -2.51. The Labute approximate surface area is 219 Å². The maximum Gasteiger partial charge on any atom is 0.307 e. The zero-order valence-electron chi connectivity index (χ0n) is 20.7. The van der Waals surface area contributed by atoms with Crippen LogP contribution in [0, 0.1) is 0 Å². The third-order valence-corrected chi connectivity index (χ3v) is 6.29. The second-order valence-electron chi connectivity index (χ2n) is 8.92. The number of phenols is 1. The molecule has 5 N–H and O–H groups in total. The molecule has 1 heterocycles. The summed E-state index contributed by atoms with van der Waals surface area (Å²) in [7, 11) is 1.26. The van der Waals surface area contributed by atoms with Crippen LogP contribution in [0.15, 0.2) is 72.8 Å². The molecule has 3 aromatic carbocycles. The van der Waals surface area contributed by atoms with Crippen LogP contribution in [0.1, 0.15) is 33.9 Å². The van der Waals surface area contributed by atoms with Gasteiger partial charge in [-0.1, -0.05) is 42.5 Å². The minimum Gasteiger partial charge on any atom is -0.508 e. The topological polar surface area (TPSA) is 151 Å². The highest BCUT2D eigenvalue weighted by Gasteiger charge is 2.37. The molecule has 1 aliphatic rings. The predicted molar refractivity (Wildman–Crippen MR) is 140 cm³/mol. The number of benzene rings is 3. The number of nitrogens with zero attached hydrogens (tertiary/aromatic N) is 1. The van der Waals surface area contributed by atoms with E-state index in [0.29, 0.717) is 22.5 Å². The summed E-state index contributed by atoms with van der Waals surface area (Å²) < 4.78 is 4.79. The van der Waals surface area contributed by atoms with Crippen molar-refractivity contribution in [2.24, 2.45) is 0 Å². The number of methoxy groups -OCH3 is 1. The largest absolute Gasteiger partial charge is 0.508 e. The van der Waals surface area contributed by atoms with Crippen LogP contribution in [0.3, 0.4) is 0 Å². The number of fused-ring (bicyclic) bond motifs is 1. The highest BCUT2D eigenvalue weighted by molar-refractivity contribution is 6.11. The molecule has 0 saturated carbocycles. The van der Waals surface area contributed by atoms with Crippen LogP contribution in [0.25, 0.3) is 0 Å². The van der Waals surface area contributed by atoms with Gasteiger partial charge < -0.3 is 31.1 Å². The molecule has 1 aliphatic heterocycles. The first-order valence-electron chi connectivity index (χ1n) is 12.0. The molecule has 0 fully saturated rings. The molecule has 3 amide bonds. The van der Waals surface area contributed by atoms with E-state index in [2.05, 4.69) is 10.6 Å². The number of rotatable bonds is 8. The molecule has 0 aliphatic carbocycles. The second-order valence-corrected chi connectivity index (χ2v) is 8.92. The number of hydrogen-bond donors (Lipinski definition) is 4. The lowest BCUT2D eigenvalue weighted by Gasteiger charge is -2.29. The van der Waals surface area contributed by atoms with Crippen LogP contribution in [0.4, 0.5) is 11.4 Å². The number of ether oxygens (including phenoxy) is 1. The Kier molecular flexibility index (Phi) is 7.91. The third-order valence-electron chi connectivity index (χ3n) is 6.29. The minimum absolute atomic E-state index is 0.0619. The number of phenolic OH excluding ortho intramolecular Hbond substituents is 1. The molecule has 10 heteroatoms. The number of nitrogens with two attached hydrogens (primary N) is 1. The van der Waals surface area contributed by atoms with Crippen LogP contribution >= 0.6 is 0 Å². The van der Waals surface area contributed by atoms with E-state index in [0.717, 1.165) is 0 Å². The van der Waals surface area contributed by atoms with E-state index in [-0.39, 0.29) is 24.2 Å². The summed E-state index contributed by atoms with van der Waals surface area (Å²) in [6, 6.07) is 18.0. The Morgan fingerprint density at radius 1 is 1.08 bits per heavy atom. The van der Waals surface area contributed by atoms with E-state index in [1.54, 1.807) is 48.5 Å². The zero-order valence-corrected chi connectivity index (χ0v) is 20.7. The molecule has 2 atom stereocenters. The van der Waals surface area contributed by atoms with Crippen molar-refractivity contribution >= 4 is 35.1 Å². The van der Waals surface area contributed by atoms with Gasteiger partial charge >= 0.3 is 5.97 Å². The Hall–Kier alpha value is -4.86. The third kappa shape index (κ3) is 6.09. The quantitative estimate of drug-likeness (QED) is 0.265. The summed E-state index contributed by atoms with van der Waals surface area (Å²) >= 11 is 0. The van der Waals surface area contributed by atoms with Gasteiger partial charge in [0.15, 0.2) is 0 Å². The maximum atomic E-state index is 13.7. The molecule has 0 radical (unpaired) electrons. The Morgan fingerprint density at radius 3 is 2.47 bits per heavy atom. The van der Waals surface area contributed by atoms with Crippen LogP contribution in [0.2, 0.25) is 0 Å². The predicted octanol–water partition coefficient (Wildman–Crippen LogP) is 2.40. The van der Waals surface area contributed by atoms with E-state index in [1.807, 2.05) is 6.07 Å². The summed E-state index contributed by atoms with van der Waals surface area (Å²) in [6.45, 7) is -0.451. The number of carbonyl (C=O) groups is 4. The van der Waals surface area contributed by atoms with Gasteiger partial charge in [0.05, 0.1) is 30.8 Å². The normalized spacial score (nSPS) is 15.6. The number of aromatic hydroxyl groups is 1. The zero-order chi connectivity index (χ0) is 27.2. The molecule has 0 saturated heterocycles. The average Bonchev–Trinajstić information content (AvgIpc) is 3.00. The van der Waals surface area contributed by atoms with E-state index in [9.17, 15) is 24.3 Å². The summed E-state index contributed by atoms with van der Waals surface area (Å²) in [5.41, 5.74) is 8.06. The molecule has 196 valence electrons. The van der Waals surface area contributed by atoms with Gasteiger partial charge in [0.2, 0.25) is 11.8 Å². The van der Waals surface area contributed by atoms with Crippen LogP contribution in [-0.2, 0) is 25.5 Å². The summed E-state index contributed by atoms with van der Waals surface area (Å²) in [6.07, 6.45) is -0.0180. The van der Waals surface area contributed by atoms with Crippen molar-refractivity contribution in [3.63, 3.8) is 0 Å². The fraction of sp³-hybridized carbons (Fsp3) is 0.214. The number of amides is 3. The second kappa shape index (κ2) is 11.5. The number of hydrogen-bond acceptors (Lipinski definition) is 7. The van der Waals surface area contributed by atoms with E-state index in [1.165, 1.54) is 30.2 Å². The van der Waals surface area contributed by atoms with Gasteiger partial charge in [0, 0.05) is 12.1 Å². The summed E-state index contributed by atoms with van der Waals surface area (Å²) in [5.74, 6) is -2.04. The van der Waals surface area contributed by atoms with Crippen molar-refractivity contribution in [3.05, 3.63) is 89.5 Å². The number of esters is 1. The summed E-state index contributed by atoms with van der Waals surface area (Å²) in [5, 5.41) is 15.2. The fourth-order valence-corrected chi connectivity index (χ4v) is 4.32. The Balaban J connectivity index is 1.64. The van der Waals surface area contributed by atoms with E-state index in [4.69, 9.17) is 10.5 Å². The van der Waals surface area contributed by atoms with Gasteiger partial charge in [-0.15, -0.1) is 0 Å². The first-order valence-corrected chi connectivity index (χ1v) is 12.0. The SMILES string of the molecule is COC(=O)C[C@@H](NC(=O)CN1C(=O)c2cc(N)ccc2NC(=O)[C@@H]1Cc1ccc(O)cc1)c1ccccc1. The lowest BCUT2D eigenvalue weighted by atomic mass is 10.0.